The quantitative estimate of drug-likeness (QED) is 0.854. The van der Waals surface area contributed by atoms with E-state index in [-0.39, 0.29) is 5.82 Å². The van der Waals surface area contributed by atoms with Crippen molar-refractivity contribution in [1.29, 1.82) is 0 Å². The second-order valence-corrected chi connectivity index (χ2v) is 6.08. The largest absolute Gasteiger partial charge is 0.378 e. The molecule has 0 atom stereocenters. The summed E-state index contributed by atoms with van der Waals surface area (Å²) in [5, 5.41) is 0. The van der Waals surface area contributed by atoms with Gasteiger partial charge in [0.25, 0.3) is 0 Å². The first-order chi connectivity index (χ1) is 11.3. The smallest absolute Gasteiger partial charge is 0.226 e. The highest BCUT2D eigenvalue weighted by atomic mass is 19.1. The van der Waals surface area contributed by atoms with Crippen LogP contribution in [-0.2, 0) is 17.6 Å². The fraction of sp³-hybridized carbons (Fsp3) is 0.444. The minimum atomic E-state index is -0.216. The zero-order valence-corrected chi connectivity index (χ0v) is 13.1. The summed E-state index contributed by atoms with van der Waals surface area (Å²) in [5.74, 6) is 0.499. The van der Waals surface area contributed by atoms with Crippen LogP contribution in [0.1, 0.15) is 24.1 Å². The summed E-state index contributed by atoms with van der Waals surface area (Å²) in [5.41, 5.74) is 3.57. The lowest BCUT2D eigenvalue weighted by Crippen LogP contribution is -2.37. The van der Waals surface area contributed by atoms with E-state index in [0.717, 1.165) is 55.7 Å². The molecular formula is C18H20FN3O. The van der Waals surface area contributed by atoms with E-state index in [2.05, 4.69) is 4.90 Å². The summed E-state index contributed by atoms with van der Waals surface area (Å²) >= 11 is 0. The summed E-state index contributed by atoms with van der Waals surface area (Å²) < 4.78 is 19.7. The molecule has 1 aromatic heterocycles. The molecule has 2 aromatic rings. The average molecular weight is 313 g/mol. The summed E-state index contributed by atoms with van der Waals surface area (Å²) in [6.07, 6.45) is 4.15. The van der Waals surface area contributed by atoms with Crippen molar-refractivity contribution in [2.24, 2.45) is 0 Å². The molecule has 0 spiro atoms. The van der Waals surface area contributed by atoms with E-state index >= 15 is 0 Å². The van der Waals surface area contributed by atoms with Gasteiger partial charge in [0.15, 0.2) is 0 Å². The molecular weight excluding hydrogens is 293 g/mol. The first kappa shape index (κ1) is 14.6. The standard InChI is InChI=1S/C18H20FN3O/c19-15-7-3-1-5-13(15)17-14-6-2-4-8-16(14)20-18(21-17)22-9-11-23-12-10-22/h1,3,5,7H,2,4,6,8-12H2. The highest BCUT2D eigenvalue weighted by molar-refractivity contribution is 5.66. The molecule has 1 fully saturated rings. The minimum Gasteiger partial charge on any atom is -0.378 e. The van der Waals surface area contributed by atoms with Crippen molar-refractivity contribution >= 4 is 5.95 Å². The number of aryl methyl sites for hydroxylation is 1. The molecule has 4 nitrogen and oxygen atoms in total. The van der Waals surface area contributed by atoms with Crippen LogP contribution in [0.2, 0.25) is 0 Å². The first-order valence-corrected chi connectivity index (χ1v) is 8.30. The molecule has 4 rings (SSSR count). The van der Waals surface area contributed by atoms with Gasteiger partial charge in [-0.3, -0.25) is 0 Å². The molecule has 1 aromatic carbocycles. The molecule has 120 valence electrons. The van der Waals surface area contributed by atoms with E-state index < -0.39 is 0 Å². The van der Waals surface area contributed by atoms with Crippen molar-refractivity contribution in [2.45, 2.75) is 25.7 Å². The van der Waals surface area contributed by atoms with E-state index in [1.165, 1.54) is 6.07 Å². The first-order valence-electron chi connectivity index (χ1n) is 8.30. The lowest BCUT2D eigenvalue weighted by molar-refractivity contribution is 0.122. The highest BCUT2D eigenvalue weighted by Crippen LogP contribution is 2.32. The Morgan fingerprint density at radius 2 is 1.78 bits per heavy atom. The van der Waals surface area contributed by atoms with Crippen LogP contribution in [0, 0.1) is 5.82 Å². The molecule has 0 bridgehead atoms. The molecule has 2 aliphatic rings. The van der Waals surface area contributed by atoms with Crippen LogP contribution in [0.5, 0.6) is 0 Å². The van der Waals surface area contributed by atoms with Crippen LogP contribution < -0.4 is 4.90 Å². The normalized spacial score (nSPS) is 17.9. The third kappa shape index (κ3) is 2.81. The van der Waals surface area contributed by atoms with Gasteiger partial charge in [-0.15, -0.1) is 0 Å². The van der Waals surface area contributed by atoms with Gasteiger partial charge in [-0.25, -0.2) is 14.4 Å². The second kappa shape index (κ2) is 6.24. The second-order valence-electron chi connectivity index (χ2n) is 6.08. The summed E-state index contributed by atoms with van der Waals surface area (Å²) in [4.78, 5) is 11.7. The Hall–Kier alpha value is -2.01. The molecule has 0 saturated carbocycles. The predicted molar refractivity (Wildman–Crippen MR) is 87.1 cm³/mol. The molecule has 0 radical (unpaired) electrons. The van der Waals surface area contributed by atoms with E-state index in [1.54, 1.807) is 6.07 Å². The van der Waals surface area contributed by atoms with E-state index in [4.69, 9.17) is 14.7 Å². The summed E-state index contributed by atoms with van der Waals surface area (Å²) in [6.45, 7) is 2.95. The van der Waals surface area contributed by atoms with Crippen LogP contribution in [0.4, 0.5) is 10.3 Å². The van der Waals surface area contributed by atoms with Crippen molar-refractivity contribution < 1.29 is 9.13 Å². The third-order valence-electron chi connectivity index (χ3n) is 4.59. The van der Waals surface area contributed by atoms with Gasteiger partial charge in [-0.1, -0.05) is 12.1 Å². The fourth-order valence-electron chi connectivity index (χ4n) is 3.36. The van der Waals surface area contributed by atoms with Crippen LogP contribution in [0.15, 0.2) is 24.3 Å². The van der Waals surface area contributed by atoms with Gasteiger partial charge >= 0.3 is 0 Å². The van der Waals surface area contributed by atoms with Gasteiger partial charge in [-0.05, 0) is 37.8 Å². The maximum atomic E-state index is 14.3. The number of morpholine rings is 1. The van der Waals surface area contributed by atoms with Crippen LogP contribution in [-0.4, -0.2) is 36.3 Å². The fourth-order valence-corrected chi connectivity index (χ4v) is 3.36. The molecule has 23 heavy (non-hydrogen) atoms. The van der Waals surface area contributed by atoms with Crippen molar-refractivity contribution in [3.8, 4) is 11.3 Å². The number of fused-ring (bicyclic) bond motifs is 1. The van der Waals surface area contributed by atoms with Gasteiger partial charge < -0.3 is 9.64 Å². The summed E-state index contributed by atoms with van der Waals surface area (Å²) in [7, 11) is 0. The van der Waals surface area contributed by atoms with Gasteiger partial charge in [0, 0.05) is 29.9 Å². The number of nitrogens with zero attached hydrogens (tertiary/aromatic N) is 3. The predicted octanol–water partition coefficient (Wildman–Crippen LogP) is 3.00. The Balaban J connectivity index is 1.84. The zero-order valence-electron chi connectivity index (χ0n) is 13.1. The molecule has 1 saturated heterocycles. The lowest BCUT2D eigenvalue weighted by atomic mass is 9.92. The van der Waals surface area contributed by atoms with Crippen LogP contribution >= 0.6 is 0 Å². The molecule has 0 N–H and O–H groups in total. The van der Waals surface area contributed by atoms with Crippen molar-refractivity contribution in [3.63, 3.8) is 0 Å². The van der Waals surface area contributed by atoms with E-state index in [1.807, 2.05) is 12.1 Å². The number of hydrogen-bond acceptors (Lipinski definition) is 4. The Morgan fingerprint density at radius 3 is 2.61 bits per heavy atom. The Morgan fingerprint density at radius 1 is 1.00 bits per heavy atom. The Kier molecular flexibility index (Phi) is 3.95. The average Bonchev–Trinajstić information content (AvgIpc) is 2.62. The summed E-state index contributed by atoms with van der Waals surface area (Å²) in [6, 6.07) is 6.90. The van der Waals surface area contributed by atoms with E-state index in [9.17, 15) is 4.39 Å². The minimum absolute atomic E-state index is 0.216. The Labute approximate surface area is 135 Å². The number of ether oxygens (including phenoxy) is 1. The van der Waals surface area contributed by atoms with Gasteiger partial charge in [0.05, 0.1) is 18.9 Å². The molecule has 1 aliphatic heterocycles. The molecule has 0 amide bonds. The van der Waals surface area contributed by atoms with Crippen molar-refractivity contribution in [2.75, 3.05) is 31.2 Å². The number of aromatic nitrogens is 2. The van der Waals surface area contributed by atoms with Gasteiger partial charge in [0.1, 0.15) is 5.82 Å². The number of rotatable bonds is 2. The molecule has 0 unspecified atom stereocenters. The maximum absolute atomic E-state index is 14.3. The number of anilines is 1. The lowest BCUT2D eigenvalue weighted by Gasteiger charge is -2.29. The monoisotopic (exact) mass is 313 g/mol. The highest BCUT2D eigenvalue weighted by Gasteiger charge is 2.23. The number of benzene rings is 1. The third-order valence-corrected chi connectivity index (χ3v) is 4.59. The Bertz CT molecular complexity index is 713. The SMILES string of the molecule is Fc1ccccc1-c1nc(N2CCOCC2)nc2c1CCCC2. The van der Waals surface area contributed by atoms with Gasteiger partial charge in [-0.2, -0.15) is 0 Å². The van der Waals surface area contributed by atoms with Crippen LogP contribution in [0.3, 0.4) is 0 Å². The number of hydrogen-bond donors (Lipinski definition) is 0. The topological polar surface area (TPSA) is 38.2 Å². The van der Waals surface area contributed by atoms with Gasteiger partial charge in [0.2, 0.25) is 5.95 Å². The van der Waals surface area contributed by atoms with Crippen molar-refractivity contribution in [3.05, 3.63) is 41.3 Å². The molecule has 5 heteroatoms. The van der Waals surface area contributed by atoms with Crippen LogP contribution in [0.25, 0.3) is 11.3 Å². The molecule has 1 aliphatic carbocycles. The molecule has 2 heterocycles. The number of halogens is 1. The maximum Gasteiger partial charge on any atom is 0.226 e. The zero-order chi connectivity index (χ0) is 15.6. The van der Waals surface area contributed by atoms with Crippen molar-refractivity contribution in [1.82, 2.24) is 9.97 Å². The van der Waals surface area contributed by atoms with E-state index in [0.29, 0.717) is 24.7 Å².